The third-order valence-electron chi connectivity index (χ3n) is 4.85. The minimum absolute atomic E-state index is 0.0173. The molecule has 7 heteroatoms. The molecular weight excluding hydrogens is 376 g/mol. The largest absolute Gasteiger partial charge is 0.481 e. The normalized spacial score (nSPS) is 13.0. The van der Waals surface area contributed by atoms with E-state index in [-0.39, 0.29) is 9.92 Å². The van der Waals surface area contributed by atoms with Crippen LogP contribution in [0.4, 0.5) is 0 Å². The van der Waals surface area contributed by atoms with E-state index in [0.29, 0.717) is 22.7 Å². The molecule has 2 N–H and O–H groups in total. The van der Waals surface area contributed by atoms with Gasteiger partial charge in [0.05, 0.1) is 16.3 Å². The molecule has 0 aliphatic rings. The van der Waals surface area contributed by atoms with Gasteiger partial charge in [0.1, 0.15) is 0 Å². The van der Waals surface area contributed by atoms with Crippen LogP contribution in [0.2, 0.25) is 0 Å². The molecule has 0 amide bonds. The highest BCUT2D eigenvalue weighted by Crippen LogP contribution is 2.31. The van der Waals surface area contributed by atoms with E-state index >= 15 is 0 Å². The molecule has 1 aromatic heterocycles. The minimum Gasteiger partial charge on any atom is -0.481 e. The molecule has 28 heavy (non-hydrogen) atoms. The number of hydrogen-bond acceptors (Lipinski definition) is 4. The fourth-order valence-electron chi connectivity index (χ4n) is 3.35. The second-order valence-electron chi connectivity index (χ2n) is 6.83. The summed E-state index contributed by atoms with van der Waals surface area (Å²) in [7, 11) is -3.84. The number of aromatic nitrogens is 2. The average molecular weight is 394 g/mol. The number of aliphatic carboxylic acids is 1. The number of carboxylic acid groups (broad SMARTS) is 1. The maximum atomic E-state index is 13.4. The molecule has 0 aliphatic carbocycles. The number of carbonyl (C=O) groups is 1. The molecule has 1 atom stereocenters. The quantitative estimate of drug-likeness (QED) is 0.536. The molecule has 1 heterocycles. The van der Waals surface area contributed by atoms with E-state index in [1.54, 1.807) is 49.4 Å². The lowest BCUT2D eigenvalue weighted by Crippen LogP contribution is -2.12. The number of nitrogens with one attached hydrogen (secondary N) is 1. The van der Waals surface area contributed by atoms with Gasteiger partial charge < -0.3 is 5.11 Å². The van der Waals surface area contributed by atoms with Gasteiger partial charge in [0.2, 0.25) is 9.84 Å². The molecule has 0 saturated heterocycles. The van der Waals surface area contributed by atoms with Crippen molar-refractivity contribution < 1.29 is 18.3 Å². The van der Waals surface area contributed by atoms with Gasteiger partial charge in [-0.25, -0.2) is 8.42 Å². The third kappa shape index (κ3) is 3.03. The Labute approximate surface area is 161 Å². The summed E-state index contributed by atoms with van der Waals surface area (Å²) in [4.78, 5) is 11.3. The van der Waals surface area contributed by atoms with E-state index in [1.807, 2.05) is 18.2 Å². The number of hydrogen-bond donors (Lipinski definition) is 2. The molecule has 4 aromatic rings. The van der Waals surface area contributed by atoms with Crippen molar-refractivity contribution in [2.75, 3.05) is 0 Å². The van der Waals surface area contributed by atoms with Crippen LogP contribution in [0.15, 0.2) is 70.6 Å². The smallest absolute Gasteiger partial charge is 0.306 e. The van der Waals surface area contributed by atoms with Crippen LogP contribution in [0.3, 0.4) is 0 Å². The maximum absolute atomic E-state index is 13.4. The summed E-state index contributed by atoms with van der Waals surface area (Å²) in [6.45, 7) is 1.62. The van der Waals surface area contributed by atoms with Gasteiger partial charge in [-0.3, -0.25) is 9.89 Å². The molecular formula is C21H18N2O4S. The highest BCUT2D eigenvalue weighted by atomic mass is 32.2. The molecule has 0 radical (unpaired) electrons. The van der Waals surface area contributed by atoms with Crippen molar-refractivity contribution in [2.24, 2.45) is 5.92 Å². The fourth-order valence-corrected chi connectivity index (χ4v) is 4.92. The minimum atomic E-state index is -3.84. The second kappa shape index (κ2) is 6.76. The van der Waals surface area contributed by atoms with Crippen molar-refractivity contribution in [3.63, 3.8) is 0 Å². The number of sulfone groups is 1. The highest BCUT2D eigenvalue weighted by molar-refractivity contribution is 7.91. The van der Waals surface area contributed by atoms with Gasteiger partial charge in [-0.2, -0.15) is 5.10 Å². The second-order valence-corrected chi connectivity index (χ2v) is 8.68. The zero-order valence-electron chi connectivity index (χ0n) is 15.1. The third-order valence-corrected chi connectivity index (χ3v) is 6.64. The summed E-state index contributed by atoms with van der Waals surface area (Å²) < 4.78 is 26.8. The zero-order chi connectivity index (χ0) is 19.9. The predicted octanol–water partition coefficient (Wildman–Crippen LogP) is 3.81. The van der Waals surface area contributed by atoms with Crippen LogP contribution in [0, 0.1) is 5.92 Å². The van der Waals surface area contributed by atoms with Gasteiger partial charge in [0.25, 0.3) is 0 Å². The Morgan fingerprint density at radius 2 is 1.82 bits per heavy atom. The molecule has 142 valence electrons. The number of carboxylic acids is 1. The Morgan fingerprint density at radius 3 is 2.61 bits per heavy atom. The highest BCUT2D eigenvalue weighted by Gasteiger charge is 2.25. The number of H-pyrrole nitrogens is 1. The van der Waals surface area contributed by atoms with Crippen LogP contribution in [0.1, 0.15) is 12.5 Å². The van der Waals surface area contributed by atoms with Crippen LogP contribution in [-0.4, -0.2) is 29.7 Å². The summed E-state index contributed by atoms with van der Waals surface area (Å²) in [5.74, 6) is -1.46. The predicted molar refractivity (Wildman–Crippen MR) is 106 cm³/mol. The number of rotatable bonds is 5. The molecule has 1 unspecified atom stereocenters. The van der Waals surface area contributed by atoms with Gasteiger partial charge in [-0.1, -0.05) is 49.4 Å². The van der Waals surface area contributed by atoms with Crippen LogP contribution in [0.25, 0.3) is 21.7 Å². The first kappa shape index (κ1) is 18.2. The number of aromatic amines is 1. The molecule has 0 aliphatic heterocycles. The first-order valence-electron chi connectivity index (χ1n) is 8.80. The van der Waals surface area contributed by atoms with Gasteiger partial charge in [-0.05, 0) is 35.6 Å². The van der Waals surface area contributed by atoms with Crippen molar-refractivity contribution >= 4 is 37.5 Å². The van der Waals surface area contributed by atoms with Crippen molar-refractivity contribution in [3.8, 4) is 0 Å². The van der Waals surface area contributed by atoms with E-state index < -0.39 is 21.7 Å². The topological polar surface area (TPSA) is 100 Å². The summed E-state index contributed by atoms with van der Waals surface area (Å²) in [6, 6.07) is 17.7. The molecule has 4 rings (SSSR count). The van der Waals surface area contributed by atoms with Gasteiger partial charge in [-0.15, -0.1) is 0 Å². The lowest BCUT2D eigenvalue weighted by atomic mass is 10.0. The monoisotopic (exact) mass is 394 g/mol. The van der Waals surface area contributed by atoms with Crippen LogP contribution >= 0.6 is 0 Å². The van der Waals surface area contributed by atoms with Crippen molar-refractivity contribution in [2.45, 2.75) is 23.3 Å². The fraction of sp³-hybridized carbons (Fsp3) is 0.143. The molecule has 0 bridgehead atoms. The molecule has 6 nitrogen and oxygen atoms in total. The maximum Gasteiger partial charge on any atom is 0.306 e. The zero-order valence-corrected chi connectivity index (χ0v) is 15.9. The summed E-state index contributed by atoms with van der Waals surface area (Å²) >= 11 is 0. The molecule has 0 fully saturated rings. The van der Waals surface area contributed by atoms with Gasteiger partial charge in [0.15, 0.2) is 5.03 Å². The van der Waals surface area contributed by atoms with E-state index in [2.05, 4.69) is 10.2 Å². The number of nitrogens with zero attached hydrogens (tertiary/aromatic N) is 1. The lowest BCUT2D eigenvalue weighted by Gasteiger charge is -2.08. The average Bonchev–Trinajstić information content (AvgIpc) is 3.11. The lowest BCUT2D eigenvalue weighted by molar-refractivity contribution is -0.141. The first-order chi connectivity index (χ1) is 13.4. The Balaban J connectivity index is 1.87. The van der Waals surface area contributed by atoms with E-state index in [0.717, 1.165) is 10.9 Å². The summed E-state index contributed by atoms with van der Waals surface area (Å²) in [6.07, 6.45) is 0.310. The van der Waals surface area contributed by atoms with Crippen molar-refractivity contribution in [1.29, 1.82) is 0 Å². The summed E-state index contributed by atoms with van der Waals surface area (Å²) in [5, 5.41) is 17.9. The SMILES string of the molecule is CC(Cc1ccc2n[nH]c(S(=O)(=O)c3cccc4ccccc34)c2c1)C(=O)O. The summed E-state index contributed by atoms with van der Waals surface area (Å²) in [5.41, 5.74) is 1.27. The van der Waals surface area contributed by atoms with Crippen molar-refractivity contribution in [1.82, 2.24) is 10.2 Å². The Morgan fingerprint density at radius 1 is 1.07 bits per heavy atom. The first-order valence-corrected chi connectivity index (χ1v) is 10.3. The number of benzene rings is 3. The van der Waals surface area contributed by atoms with Crippen LogP contribution in [0.5, 0.6) is 0 Å². The van der Waals surface area contributed by atoms with Crippen LogP contribution in [-0.2, 0) is 21.1 Å². The van der Waals surface area contributed by atoms with Gasteiger partial charge in [0, 0.05) is 10.8 Å². The Hall–Kier alpha value is -3.19. The van der Waals surface area contributed by atoms with Crippen molar-refractivity contribution in [3.05, 3.63) is 66.2 Å². The molecule has 0 spiro atoms. The molecule has 3 aromatic carbocycles. The van der Waals surface area contributed by atoms with E-state index in [4.69, 9.17) is 5.11 Å². The standard InChI is InChI=1S/C21H18N2O4S/c1-13(21(24)25)11-14-9-10-18-17(12-14)20(23-22-18)28(26,27)19-8-4-6-15-5-2-3-7-16(15)19/h2-10,12-13H,11H2,1H3,(H,22,23)(H,24,25). The van der Waals surface area contributed by atoms with E-state index in [9.17, 15) is 13.2 Å². The van der Waals surface area contributed by atoms with E-state index in [1.165, 1.54) is 0 Å². The number of fused-ring (bicyclic) bond motifs is 2. The Bertz CT molecular complexity index is 1300. The van der Waals surface area contributed by atoms with Crippen LogP contribution < -0.4 is 0 Å². The van der Waals surface area contributed by atoms with Gasteiger partial charge >= 0.3 is 5.97 Å². The Kier molecular flexibility index (Phi) is 4.39. The molecule has 0 saturated carbocycles.